The average molecular weight is 393 g/mol. The van der Waals surface area contributed by atoms with Gasteiger partial charge in [-0.15, -0.1) is 0 Å². The molecule has 0 fully saturated rings. The van der Waals surface area contributed by atoms with E-state index in [4.69, 9.17) is 10.5 Å². The highest BCUT2D eigenvalue weighted by Crippen LogP contribution is 2.26. The molecule has 0 saturated carbocycles. The number of aromatic nitrogens is 1. The van der Waals surface area contributed by atoms with Crippen LogP contribution >= 0.6 is 0 Å². The minimum absolute atomic E-state index is 0.130. The van der Waals surface area contributed by atoms with Crippen molar-refractivity contribution in [3.05, 3.63) is 53.3 Å². The van der Waals surface area contributed by atoms with Crippen LogP contribution in [0.1, 0.15) is 21.5 Å². The second-order valence-corrected chi connectivity index (χ2v) is 6.27. The van der Waals surface area contributed by atoms with Crippen LogP contribution in [0.5, 0.6) is 5.75 Å². The number of benzene rings is 1. The summed E-state index contributed by atoms with van der Waals surface area (Å²) in [7, 11) is 1.53. The summed E-state index contributed by atoms with van der Waals surface area (Å²) < 4.78 is 5.17. The molecule has 0 unspecified atom stereocenters. The molecule has 1 aromatic heterocycles. The van der Waals surface area contributed by atoms with Crippen LogP contribution in [0.3, 0.4) is 0 Å². The van der Waals surface area contributed by atoms with Crippen molar-refractivity contribution >= 4 is 24.0 Å². The number of carbonyl (C=O) groups is 3. The molecule has 9 nitrogen and oxygen atoms in total. The SMILES string of the molecule is COc1ccc2c(c1)C(=O)N(C[C@@H](C#Cc1cncc(N)c1)NC(=O)NC=O)C2. The van der Waals surface area contributed by atoms with E-state index in [2.05, 4.69) is 22.1 Å². The third-order valence-electron chi connectivity index (χ3n) is 4.24. The van der Waals surface area contributed by atoms with Gasteiger partial charge in [0.15, 0.2) is 0 Å². The second-order valence-electron chi connectivity index (χ2n) is 6.27. The lowest BCUT2D eigenvalue weighted by molar-refractivity contribution is -0.108. The number of hydrogen-bond donors (Lipinski definition) is 3. The third-order valence-corrected chi connectivity index (χ3v) is 4.24. The topological polar surface area (TPSA) is 127 Å². The van der Waals surface area contributed by atoms with Crippen molar-refractivity contribution in [2.24, 2.45) is 0 Å². The molecule has 1 aliphatic rings. The number of rotatable bonds is 5. The maximum Gasteiger partial charge on any atom is 0.322 e. The number of methoxy groups -OCH3 is 1. The number of anilines is 1. The van der Waals surface area contributed by atoms with E-state index in [1.165, 1.54) is 19.5 Å². The number of nitrogens with two attached hydrogens (primary N) is 1. The number of nitrogen functional groups attached to an aromatic ring is 1. The van der Waals surface area contributed by atoms with Crippen molar-refractivity contribution < 1.29 is 19.1 Å². The van der Waals surface area contributed by atoms with Gasteiger partial charge in [0, 0.05) is 30.1 Å². The van der Waals surface area contributed by atoms with Crippen molar-refractivity contribution in [3.63, 3.8) is 0 Å². The number of carbonyl (C=O) groups excluding carboxylic acids is 3. The minimum atomic E-state index is -0.725. The lowest BCUT2D eigenvalue weighted by Crippen LogP contribution is -2.46. The van der Waals surface area contributed by atoms with Gasteiger partial charge in [-0.2, -0.15) is 0 Å². The Morgan fingerprint density at radius 1 is 1.41 bits per heavy atom. The summed E-state index contributed by atoms with van der Waals surface area (Å²) >= 11 is 0. The molecular formula is C20H19N5O4. The van der Waals surface area contributed by atoms with Gasteiger partial charge < -0.3 is 20.7 Å². The number of imide groups is 1. The largest absolute Gasteiger partial charge is 0.497 e. The molecule has 0 spiro atoms. The molecule has 0 aliphatic carbocycles. The number of pyridine rings is 1. The molecule has 1 atom stereocenters. The number of nitrogens with one attached hydrogen (secondary N) is 2. The van der Waals surface area contributed by atoms with Gasteiger partial charge in [0.1, 0.15) is 11.8 Å². The molecular weight excluding hydrogens is 374 g/mol. The molecule has 2 heterocycles. The van der Waals surface area contributed by atoms with E-state index in [1.807, 2.05) is 11.4 Å². The normalized spacial score (nSPS) is 13.0. The first-order valence-electron chi connectivity index (χ1n) is 8.69. The van der Waals surface area contributed by atoms with E-state index in [1.54, 1.807) is 23.1 Å². The number of nitrogens with zero attached hydrogens (tertiary/aromatic N) is 2. The molecule has 0 radical (unpaired) electrons. The molecule has 4 amide bonds. The van der Waals surface area contributed by atoms with Crippen molar-refractivity contribution in [2.75, 3.05) is 19.4 Å². The maximum atomic E-state index is 12.7. The van der Waals surface area contributed by atoms with Crippen molar-refractivity contribution in [2.45, 2.75) is 12.6 Å². The molecule has 2 aromatic rings. The van der Waals surface area contributed by atoms with E-state index in [0.717, 1.165) is 5.56 Å². The summed E-state index contributed by atoms with van der Waals surface area (Å²) in [5, 5.41) is 4.58. The molecule has 1 aromatic carbocycles. The van der Waals surface area contributed by atoms with Crippen LogP contribution in [0.25, 0.3) is 0 Å². The monoisotopic (exact) mass is 393 g/mol. The van der Waals surface area contributed by atoms with E-state index < -0.39 is 12.1 Å². The maximum absolute atomic E-state index is 12.7. The van der Waals surface area contributed by atoms with E-state index in [9.17, 15) is 14.4 Å². The average Bonchev–Trinajstić information content (AvgIpc) is 3.01. The molecule has 148 valence electrons. The molecule has 9 heteroatoms. The number of urea groups is 1. The first-order chi connectivity index (χ1) is 14.0. The van der Waals surface area contributed by atoms with Gasteiger partial charge in [-0.05, 0) is 23.8 Å². The van der Waals surface area contributed by atoms with Crippen molar-refractivity contribution in [1.29, 1.82) is 0 Å². The quantitative estimate of drug-likeness (QED) is 0.502. The zero-order chi connectivity index (χ0) is 20.8. The molecule has 0 saturated heterocycles. The number of fused-ring (bicyclic) bond motifs is 1. The summed E-state index contributed by atoms with van der Waals surface area (Å²) in [5.74, 6) is 6.18. The lowest BCUT2D eigenvalue weighted by atomic mass is 10.1. The molecule has 29 heavy (non-hydrogen) atoms. The number of amides is 4. The van der Waals surface area contributed by atoms with Gasteiger partial charge in [-0.25, -0.2) is 4.79 Å². The van der Waals surface area contributed by atoms with Gasteiger partial charge in [0.25, 0.3) is 5.91 Å². The summed E-state index contributed by atoms with van der Waals surface area (Å²) in [6, 6.07) is 5.51. The Labute approximate surface area is 167 Å². The first-order valence-corrected chi connectivity index (χ1v) is 8.69. The molecule has 3 rings (SSSR count). The zero-order valence-corrected chi connectivity index (χ0v) is 15.6. The third kappa shape index (κ3) is 4.81. The van der Waals surface area contributed by atoms with Gasteiger partial charge in [0.05, 0.1) is 19.3 Å². The van der Waals surface area contributed by atoms with Crippen molar-refractivity contribution in [1.82, 2.24) is 20.5 Å². The standard InChI is InChI=1S/C20H19N5O4/c1-29-17-5-3-14-10-25(19(27)18(14)7-17)11-16(24-20(28)23-12-26)4-2-13-6-15(21)9-22-8-13/h3,5-9,12,16H,10-11,21H2,1H3,(H2,23,24,26,28)/t16-/m1/s1. The van der Waals surface area contributed by atoms with Gasteiger partial charge in [-0.1, -0.05) is 17.9 Å². The fourth-order valence-corrected chi connectivity index (χ4v) is 2.91. The van der Waals surface area contributed by atoms with Crippen LogP contribution in [0.15, 0.2) is 36.7 Å². The summed E-state index contributed by atoms with van der Waals surface area (Å²) in [5.41, 5.74) is 8.13. The summed E-state index contributed by atoms with van der Waals surface area (Å²) in [6.45, 7) is 0.512. The number of hydrogen-bond acceptors (Lipinski definition) is 6. The highest BCUT2D eigenvalue weighted by molar-refractivity contribution is 5.98. The Kier molecular flexibility index (Phi) is 5.94. The highest BCUT2D eigenvalue weighted by atomic mass is 16.5. The Morgan fingerprint density at radius 2 is 2.24 bits per heavy atom. The zero-order valence-electron chi connectivity index (χ0n) is 15.6. The predicted octanol–water partition coefficient (Wildman–Crippen LogP) is 0.504. The molecule has 0 bridgehead atoms. The lowest BCUT2D eigenvalue weighted by Gasteiger charge is -2.21. The van der Waals surface area contributed by atoms with Crippen LogP contribution in [0.4, 0.5) is 10.5 Å². The number of ether oxygens (including phenoxy) is 1. The fraction of sp³-hybridized carbons (Fsp3) is 0.200. The Bertz CT molecular complexity index is 1010. The molecule has 4 N–H and O–H groups in total. The molecule has 1 aliphatic heterocycles. The summed E-state index contributed by atoms with van der Waals surface area (Å²) in [6.07, 6.45) is 3.30. The Morgan fingerprint density at radius 3 is 2.97 bits per heavy atom. The van der Waals surface area contributed by atoms with Gasteiger partial charge >= 0.3 is 6.03 Å². The Hall–Kier alpha value is -4.06. The fourth-order valence-electron chi connectivity index (χ4n) is 2.91. The van der Waals surface area contributed by atoms with Crippen LogP contribution in [-0.4, -0.2) is 47.9 Å². The smallest absolute Gasteiger partial charge is 0.322 e. The Balaban J connectivity index is 1.79. The predicted molar refractivity (Wildman–Crippen MR) is 105 cm³/mol. The van der Waals surface area contributed by atoms with Crippen LogP contribution in [-0.2, 0) is 11.3 Å². The second kappa shape index (κ2) is 8.75. The first kappa shape index (κ1) is 19.7. The van der Waals surface area contributed by atoms with E-state index >= 15 is 0 Å². The van der Waals surface area contributed by atoms with Gasteiger partial charge in [0.2, 0.25) is 6.41 Å². The van der Waals surface area contributed by atoms with E-state index in [-0.39, 0.29) is 18.9 Å². The van der Waals surface area contributed by atoms with Gasteiger partial charge in [-0.3, -0.25) is 19.9 Å². The van der Waals surface area contributed by atoms with E-state index in [0.29, 0.717) is 29.1 Å². The highest BCUT2D eigenvalue weighted by Gasteiger charge is 2.29. The van der Waals surface area contributed by atoms with Crippen LogP contribution in [0, 0.1) is 11.8 Å². The van der Waals surface area contributed by atoms with Crippen molar-refractivity contribution in [3.8, 4) is 17.6 Å². The minimum Gasteiger partial charge on any atom is -0.497 e. The van der Waals surface area contributed by atoms with Crippen LogP contribution < -0.4 is 21.1 Å². The van der Waals surface area contributed by atoms with Crippen LogP contribution in [0.2, 0.25) is 0 Å². The summed E-state index contributed by atoms with van der Waals surface area (Å²) in [4.78, 5) is 40.6.